The van der Waals surface area contributed by atoms with Crippen LogP contribution in [0.25, 0.3) is 0 Å². The summed E-state index contributed by atoms with van der Waals surface area (Å²) in [6, 6.07) is 7.01. The molecule has 122 valence electrons. The summed E-state index contributed by atoms with van der Waals surface area (Å²) in [4.78, 5) is 31.0. The van der Waals surface area contributed by atoms with E-state index in [1.54, 1.807) is 12.1 Å². The zero-order chi connectivity index (χ0) is 16.2. The Labute approximate surface area is 130 Å². The highest BCUT2D eigenvalue weighted by Gasteiger charge is 2.11. The van der Waals surface area contributed by atoms with Crippen molar-refractivity contribution in [2.24, 2.45) is 0 Å². The molecule has 0 unspecified atom stereocenters. The highest BCUT2D eigenvalue weighted by atomic mass is 17.5. The standard InChI is InChI=1S/C16H22O6/c1-3-5-6-7-13-8-10-14(11-9-13)15(17)20-22-21-16(18)19-12-4-2/h8-11H,3-7,12H2,1-2H3. The Morgan fingerprint density at radius 3 is 2.32 bits per heavy atom. The highest BCUT2D eigenvalue weighted by Crippen LogP contribution is 2.10. The summed E-state index contributed by atoms with van der Waals surface area (Å²) in [6.45, 7) is 4.19. The van der Waals surface area contributed by atoms with Crippen LogP contribution in [0, 0.1) is 0 Å². The summed E-state index contributed by atoms with van der Waals surface area (Å²) in [7, 11) is 0. The van der Waals surface area contributed by atoms with Crippen molar-refractivity contribution < 1.29 is 29.1 Å². The molecule has 0 aliphatic heterocycles. The quantitative estimate of drug-likeness (QED) is 0.297. The molecule has 0 N–H and O–H groups in total. The van der Waals surface area contributed by atoms with Gasteiger partial charge in [-0.3, -0.25) is 4.89 Å². The van der Waals surface area contributed by atoms with Crippen molar-refractivity contribution in [3.8, 4) is 0 Å². The first-order valence-corrected chi connectivity index (χ1v) is 7.48. The molecule has 0 amide bonds. The fourth-order valence-electron chi connectivity index (χ4n) is 1.72. The predicted octanol–water partition coefficient (Wildman–Crippen LogP) is 3.99. The molecule has 0 bridgehead atoms. The molecule has 0 atom stereocenters. The molecule has 0 aliphatic rings. The molecule has 0 radical (unpaired) electrons. The lowest BCUT2D eigenvalue weighted by atomic mass is 10.1. The van der Waals surface area contributed by atoms with Crippen LogP contribution in [0.1, 0.15) is 55.5 Å². The molecular formula is C16H22O6. The van der Waals surface area contributed by atoms with Gasteiger partial charge in [0.2, 0.25) is 0 Å². The van der Waals surface area contributed by atoms with Gasteiger partial charge in [-0.05, 0) is 37.0 Å². The van der Waals surface area contributed by atoms with E-state index in [1.807, 2.05) is 19.1 Å². The van der Waals surface area contributed by atoms with E-state index in [4.69, 9.17) is 0 Å². The Kier molecular flexibility index (Phi) is 8.67. The molecule has 6 nitrogen and oxygen atoms in total. The maximum atomic E-state index is 11.6. The highest BCUT2D eigenvalue weighted by molar-refractivity contribution is 5.88. The molecule has 1 aromatic rings. The van der Waals surface area contributed by atoms with Crippen LogP contribution in [0.5, 0.6) is 0 Å². The van der Waals surface area contributed by atoms with Crippen LogP contribution < -0.4 is 0 Å². The number of carbonyl (C=O) groups excluding carboxylic acids is 2. The lowest BCUT2D eigenvalue weighted by Gasteiger charge is -2.04. The van der Waals surface area contributed by atoms with Gasteiger partial charge in [-0.15, -0.1) is 0 Å². The number of unbranched alkanes of at least 4 members (excludes halogenated alkanes) is 2. The number of aryl methyl sites for hydroxylation is 1. The van der Waals surface area contributed by atoms with E-state index in [-0.39, 0.29) is 6.61 Å². The average molecular weight is 310 g/mol. The van der Waals surface area contributed by atoms with Crippen LogP contribution in [-0.2, 0) is 26.0 Å². The molecular weight excluding hydrogens is 288 g/mol. The molecule has 0 aliphatic carbocycles. The zero-order valence-corrected chi connectivity index (χ0v) is 13.0. The van der Waals surface area contributed by atoms with E-state index in [0.29, 0.717) is 12.0 Å². The Morgan fingerprint density at radius 1 is 0.955 bits per heavy atom. The van der Waals surface area contributed by atoms with Crippen LogP contribution in [0.3, 0.4) is 0 Å². The van der Waals surface area contributed by atoms with Crippen LogP contribution in [0.4, 0.5) is 4.79 Å². The zero-order valence-electron chi connectivity index (χ0n) is 13.0. The van der Waals surface area contributed by atoms with Crippen LogP contribution >= 0.6 is 0 Å². The van der Waals surface area contributed by atoms with Gasteiger partial charge in [0.1, 0.15) is 0 Å². The third-order valence-corrected chi connectivity index (χ3v) is 2.89. The van der Waals surface area contributed by atoms with Crippen molar-refractivity contribution in [3.63, 3.8) is 0 Å². The molecule has 0 saturated heterocycles. The molecule has 0 aromatic heterocycles. The van der Waals surface area contributed by atoms with E-state index in [1.165, 1.54) is 12.8 Å². The van der Waals surface area contributed by atoms with Crippen LogP contribution in [0.15, 0.2) is 24.3 Å². The summed E-state index contributed by atoms with van der Waals surface area (Å²) in [6.07, 6.45) is 4.05. The Bertz CT molecular complexity index is 454. The maximum Gasteiger partial charge on any atom is 0.543 e. The lowest BCUT2D eigenvalue weighted by molar-refractivity contribution is -0.452. The molecule has 0 heterocycles. The molecule has 1 rings (SSSR count). The summed E-state index contributed by atoms with van der Waals surface area (Å²) < 4.78 is 4.56. The third-order valence-electron chi connectivity index (χ3n) is 2.89. The molecule has 6 heteroatoms. The fraction of sp³-hybridized carbons (Fsp3) is 0.500. The monoisotopic (exact) mass is 310 g/mol. The first-order chi connectivity index (χ1) is 10.7. The number of ether oxygens (including phenoxy) is 1. The smallest absolute Gasteiger partial charge is 0.432 e. The number of hydrogen-bond donors (Lipinski definition) is 0. The molecule has 0 fully saturated rings. The molecule has 0 spiro atoms. The van der Waals surface area contributed by atoms with Gasteiger partial charge in [0.15, 0.2) is 0 Å². The second-order valence-corrected chi connectivity index (χ2v) is 4.77. The second-order valence-electron chi connectivity index (χ2n) is 4.77. The molecule has 0 saturated carbocycles. The summed E-state index contributed by atoms with van der Waals surface area (Å²) in [5, 5.41) is 4.09. The van der Waals surface area contributed by atoms with Gasteiger partial charge in [-0.2, -0.15) is 0 Å². The van der Waals surface area contributed by atoms with Crippen LogP contribution in [0.2, 0.25) is 0 Å². The normalized spacial score (nSPS) is 10.1. The molecule has 22 heavy (non-hydrogen) atoms. The van der Waals surface area contributed by atoms with Crippen molar-refractivity contribution in [3.05, 3.63) is 35.4 Å². The van der Waals surface area contributed by atoms with Gasteiger partial charge < -0.3 is 4.74 Å². The van der Waals surface area contributed by atoms with Crippen molar-refractivity contribution >= 4 is 12.1 Å². The summed E-state index contributed by atoms with van der Waals surface area (Å²) in [5.41, 5.74) is 1.47. The van der Waals surface area contributed by atoms with Crippen LogP contribution in [-0.4, -0.2) is 18.7 Å². The fourth-order valence-corrected chi connectivity index (χ4v) is 1.72. The topological polar surface area (TPSA) is 71.1 Å². The lowest BCUT2D eigenvalue weighted by Crippen LogP contribution is -2.12. The molecule has 1 aromatic carbocycles. The van der Waals surface area contributed by atoms with Crippen molar-refractivity contribution in [1.29, 1.82) is 0 Å². The van der Waals surface area contributed by atoms with Gasteiger partial charge in [-0.1, -0.05) is 38.8 Å². The van der Waals surface area contributed by atoms with E-state index < -0.39 is 12.1 Å². The van der Waals surface area contributed by atoms with Gasteiger partial charge in [-0.25, -0.2) is 14.5 Å². The van der Waals surface area contributed by atoms with Crippen molar-refractivity contribution in [2.75, 3.05) is 6.61 Å². The number of hydrogen-bond acceptors (Lipinski definition) is 6. The van der Waals surface area contributed by atoms with E-state index in [9.17, 15) is 9.59 Å². The van der Waals surface area contributed by atoms with E-state index >= 15 is 0 Å². The average Bonchev–Trinajstić information content (AvgIpc) is 2.53. The SMILES string of the molecule is CCCCCc1ccc(C(=O)OOOC(=O)OCCC)cc1. The Morgan fingerprint density at radius 2 is 1.68 bits per heavy atom. The first-order valence-electron chi connectivity index (χ1n) is 7.48. The van der Waals surface area contributed by atoms with Gasteiger partial charge in [0.05, 0.1) is 17.2 Å². The van der Waals surface area contributed by atoms with Gasteiger partial charge in [0, 0.05) is 0 Å². The van der Waals surface area contributed by atoms with E-state index in [2.05, 4.69) is 26.5 Å². The number of benzene rings is 1. The predicted molar refractivity (Wildman–Crippen MR) is 78.9 cm³/mol. The van der Waals surface area contributed by atoms with E-state index in [0.717, 1.165) is 18.4 Å². The minimum Gasteiger partial charge on any atom is -0.432 e. The Balaban J connectivity index is 2.31. The summed E-state index contributed by atoms with van der Waals surface area (Å²) >= 11 is 0. The van der Waals surface area contributed by atoms with Crippen molar-refractivity contribution in [2.45, 2.75) is 46.0 Å². The largest absolute Gasteiger partial charge is 0.543 e. The minimum absolute atomic E-state index is 0.204. The number of rotatable bonds is 9. The van der Waals surface area contributed by atoms with Gasteiger partial charge in [0.25, 0.3) is 0 Å². The summed E-state index contributed by atoms with van der Waals surface area (Å²) in [5.74, 6) is -0.747. The third kappa shape index (κ3) is 7.08. The Hall–Kier alpha value is -2.08. The maximum absolute atomic E-state index is 11.6. The second kappa shape index (κ2) is 10.6. The number of carbonyl (C=O) groups is 2. The van der Waals surface area contributed by atoms with Gasteiger partial charge >= 0.3 is 12.1 Å². The minimum atomic E-state index is -1.05. The first kappa shape index (κ1) is 18.0. The van der Waals surface area contributed by atoms with Crippen molar-refractivity contribution in [1.82, 2.24) is 0 Å².